The smallest absolute Gasteiger partial charge is 0.0992 e. The van der Waals surface area contributed by atoms with Crippen LogP contribution < -0.4 is 5.32 Å². The highest BCUT2D eigenvalue weighted by atomic mass is 79.9. The van der Waals surface area contributed by atoms with Crippen LogP contribution in [0.3, 0.4) is 0 Å². The van der Waals surface area contributed by atoms with Gasteiger partial charge in [-0.25, -0.2) is 0 Å². The predicted molar refractivity (Wildman–Crippen MR) is 63.6 cm³/mol. The second-order valence-electron chi connectivity index (χ2n) is 3.27. The number of hydrogen-bond donors (Lipinski definition) is 2. The first kappa shape index (κ1) is 12.0. The number of benzene rings is 1. The third kappa shape index (κ3) is 3.54. The molecule has 0 saturated carbocycles. The first-order valence-corrected chi connectivity index (χ1v) is 5.57. The number of nitriles is 1. The summed E-state index contributed by atoms with van der Waals surface area (Å²) in [6.45, 7) is 2.09. The zero-order chi connectivity index (χ0) is 11.3. The highest BCUT2D eigenvalue weighted by Crippen LogP contribution is 2.20. The van der Waals surface area contributed by atoms with E-state index in [1.165, 1.54) is 0 Å². The second kappa shape index (κ2) is 5.74. The van der Waals surface area contributed by atoms with Gasteiger partial charge in [0.15, 0.2) is 0 Å². The molecule has 1 aromatic carbocycles. The van der Waals surface area contributed by atoms with Gasteiger partial charge in [0.25, 0.3) is 0 Å². The van der Waals surface area contributed by atoms with E-state index >= 15 is 0 Å². The molecule has 0 fully saturated rings. The van der Waals surface area contributed by atoms with Crippen LogP contribution in [0.15, 0.2) is 22.7 Å². The van der Waals surface area contributed by atoms with Crippen molar-refractivity contribution in [3.63, 3.8) is 0 Å². The minimum absolute atomic E-state index is 0.0332. The van der Waals surface area contributed by atoms with E-state index in [0.29, 0.717) is 5.56 Å². The molecular weight excluding hydrogens is 256 g/mol. The minimum atomic E-state index is 0.0332. The molecule has 0 radical (unpaired) electrons. The van der Waals surface area contributed by atoms with Crippen LogP contribution in [0.2, 0.25) is 0 Å². The highest BCUT2D eigenvalue weighted by Gasteiger charge is 2.05. The molecule has 1 unspecified atom stereocenters. The van der Waals surface area contributed by atoms with Gasteiger partial charge < -0.3 is 10.4 Å². The zero-order valence-corrected chi connectivity index (χ0v) is 10.1. The van der Waals surface area contributed by atoms with Crippen LogP contribution in [0.1, 0.15) is 18.9 Å². The average Bonchev–Trinajstić information content (AvgIpc) is 2.25. The molecule has 0 heterocycles. The maximum Gasteiger partial charge on any atom is 0.0992 e. The first-order chi connectivity index (χ1) is 7.19. The zero-order valence-electron chi connectivity index (χ0n) is 8.50. The number of aliphatic hydroxyl groups excluding tert-OH is 1. The van der Waals surface area contributed by atoms with Gasteiger partial charge in [-0.3, -0.25) is 0 Å². The fraction of sp³-hybridized carbons (Fsp3) is 0.364. The minimum Gasteiger partial charge on any atom is -0.394 e. The third-order valence-corrected chi connectivity index (χ3v) is 2.57. The summed E-state index contributed by atoms with van der Waals surface area (Å²) < 4.78 is 0.858. The fourth-order valence-corrected chi connectivity index (χ4v) is 1.74. The molecule has 0 amide bonds. The van der Waals surface area contributed by atoms with Gasteiger partial charge in [-0.15, -0.1) is 0 Å². The summed E-state index contributed by atoms with van der Waals surface area (Å²) in [5, 5.41) is 21.0. The average molecular weight is 269 g/mol. The molecule has 0 aliphatic carbocycles. The fourth-order valence-electron chi connectivity index (χ4n) is 1.25. The van der Waals surface area contributed by atoms with Crippen molar-refractivity contribution in [1.29, 1.82) is 5.26 Å². The Morgan fingerprint density at radius 2 is 2.27 bits per heavy atom. The van der Waals surface area contributed by atoms with E-state index in [4.69, 9.17) is 10.4 Å². The molecule has 2 N–H and O–H groups in total. The lowest BCUT2D eigenvalue weighted by atomic mass is 10.2. The predicted octanol–water partition coefficient (Wildman–Crippen LogP) is 2.50. The van der Waals surface area contributed by atoms with Gasteiger partial charge in [0, 0.05) is 16.2 Å². The van der Waals surface area contributed by atoms with Gasteiger partial charge in [-0.2, -0.15) is 5.26 Å². The molecule has 0 saturated heterocycles. The van der Waals surface area contributed by atoms with Gasteiger partial charge in [0.05, 0.1) is 18.2 Å². The molecule has 1 aromatic rings. The van der Waals surface area contributed by atoms with Gasteiger partial charge >= 0.3 is 0 Å². The van der Waals surface area contributed by atoms with Crippen molar-refractivity contribution in [2.75, 3.05) is 11.9 Å². The van der Waals surface area contributed by atoms with Crippen LogP contribution in [0, 0.1) is 11.3 Å². The lowest BCUT2D eigenvalue weighted by Gasteiger charge is -2.15. The number of hydrogen-bond acceptors (Lipinski definition) is 3. The number of aliphatic hydroxyl groups is 1. The Labute approximate surface area is 97.9 Å². The number of rotatable bonds is 4. The van der Waals surface area contributed by atoms with Crippen molar-refractivity contribution in [2.24, 2.45) is 0 Å². The SMILES string of the molecule is CCC(CO)Nc1cc(Br)cc(C#N)c1. The van der Waals surface area contributed by atoms with Crippen molar-refractivity contribution in [2.45, 2.75) is 19.4 Å². The highest BCUT2D eigenvalue weighted by molar-refractivity contribution is 9.10. The normalized spacial score (nSPS) is 11.9. The van der Waals surface area contributed by atoms with Gasteiger partial charge in [-0.1, -0.05) is 22.9 Å². The van der Waals surface area contributed by atoms with E-state index in [-0.39, 0.29) is 12.6 Å². The lowest BCUT2D eigenvalue weighted by molar-refractivity contribution is 0.272. The monoisotopic (exact) mass is 268 g/mol. The Morgan fingerprint density at radius 1 is 1.53 bits per heavy atom. The molecule has 0 aliphatic rings. The van der Waals surface area contributed by atoms with Crippen molar-refractivity contribution in [3.8, 4) is 6.07 Å². The topological polar surface area (TPSA) is 56.0 Å². The van der Waals surface area contributed by atoms with E-state index in [1.54, 1.807) is 12.1 Å². The van der Waals surface area contributed by atoms with Crippen molar-refractivity contribution >= 4 is 21.6 Å². The van der Waals surface area contributed by atoms with Gasteiger partial charge in [-0.05, 0) is 24.6 Å². The molecule has 1 atom stereocenters. The molecule has 4 heteroatoms. The van der Waals surface area contributed by atoms with Crippen LogP contribution in [-0.4, -0.2) is 17.8 Å². The van der Waals surface area contributed by atoms with Crippen LogP contribution in [0.5, 0.6) is 0 Å². The molecule has 0 bridgehead atoms. The van der Waals surface area contributed by atoms with Crippen LogP contribution >= 0.6 is 15.9 Å². The molecular formula is C11H13BrN2O. The van der Waals surface area contributed by atoms with Crippen molar-refractivity contribution in [3.05, 3.63) is 28.2 Å². The van der Waals surface area contributed by atoms with Gasteiger partial charge in [0.2, 0.25) is 0 Å². The maximum absolute atomic E-state index is 9.04. The summed E-state index contributed by atoms with van der Waals surface area (Å²) in [5.74, 6) is 0. The molecule has 15 heavy (non-hydrogen) atoms. The lowest BCUT2D eigenvalue weighted by Crippen LogP contribution is -2.22. The number of nitrogens with zero attached hydrogens (tertiary/aromatic N) is 1. The van der Waals surface area contributed by atoms with E-state index in [9.17, 15) is 0 Å². The molecule has 0 aromatic heterocycles. The van der Waals surface area contributed by atoms with Crippen LogP contribution in [0.25, 0.3) is 0 Å². The van der Waals surface area contributed by atoms with E-state index in [1.807, 2.05) is 13.0 Å². The summed E-state index contributed by atoms with van der Waals surface area (Å²) in [6.07, 6.45) is 0.838. The Kier molecular flexibility index (Phi) is 4.60. The van der Waals surface area contributed by atoms with Crippen LogP contribution in [0.4, 0.5) is 5.69 Å². The molecule has 3 nitrogen and oxygen atoms in total. The van der Waals surface area contributed by atoms with Crippen molar-refractivity contribution in [1.82, 2.24) is 0 Å². The maximum atomic E-state index is 9.04. The van der Waals surface area contributed by atoms with E-state index in [0.717, 1.165) is 16.6 Å². The molecule has 80 valence electrons. The summed E-state index contributed by atoms with van der Waals surface area (Å²) in [6, 6.07) is 7.53. The summed E-state index contributed by atoms with van der Waals surface area (Å²) >= 11 is 3.33. The number of anilines is 1. The quantitative estimate of drug-likeness (QED) is 0.883. The number of halogens is 1. The third-order valence-electron chi connectivity index (χ3n) is 2.11. The Balaban J connectivity index is 2.85. The Hall–Kier alpha value is -1.05. The second-order valence-corrected chi connectivity index (χ2v) is 4.19. The standard InChI is InChI=1S/C11H13BrN2O/c1-2-10(7-15)14-11-4-8(6-13)3-9(12)5-11/h3-5,10,14-15H,2,7H2,1H3. The summed E-state index contributed by atoms with van der Waals surface area (Å²) in [4.78, 5) is 0. The Morgan fingerprint density at radius 3 is 2.80 bits per heavy atom. The molecule has 1 rings (SSSR count). The first-order valence-electron chi connectivity index (χ1n) is 4.77. The van der Waals surface area contributed by atoms with Crippen LogP contribution in [-0.2, 0) is 0 Å². The summed E-state index contributed by atoms with van der Waals surface area (Å²) in [5.41, 5.74) is 1.45. The summed E-state index contributed by atoms with van der Waals surface area (Å²) in [7, 11) is 0. The number of nitrogens with one attached hydrogen (secondary N) is 1. The van der Waals surface area contributed by atoms with E-state index in [2.05, 4.69) is 27.3 Å². The molecule has 0 aliphatic heterocycles. The largest absolute Gasteiger partial charge is 0.394 e. The van der Waals surface area contributed by atoms with E-state index < -0.39 is 0 Å². The van der Waals surface area contributed by atoms with Gasteiger partial charge in [0.1, 0.15) is 0 Å². The Bertz CT molecular complexity index is 369. The van der Waals surface area contributed by atoms with Crippen molar-refractivity contribution < 1.29 is 5.11 Å². The molecule has 0 spiro atoms.